The summed E-state index contributed by atoms with van der Waals surface area (Å²) in [6.45, 7) is 12.6. The Morgan fingerprint density at radius 2 is 1.54 bits per heavy atom. The first-order valence-electron chi connectivity index (χ1n) is 10.5. The smallest absolute Gasteiger partial charge is 0.0563 e. The van der Waals surface area contributed by atoms with Gasteiger partial charge >= 0.3 is 0 Å². The Morgan fingerprint density at radius 1 is 0.857 bits per heavy atom. The maximum absolute atomic E-state index is 3.57. The van der Waals surface area contributed by atoms with Crippen molar-refractivity contribution in [3.63, 3.8) is 0 Å². The lowest BCUT2D eigenvalue weighted by Crippen LogP contribution is -2.53. The van der Waals surface area contributed by atoms with E-state index in [0.29, 0.717) is 6.04 Å². The molecule has 0 bridgehead atoms. The van der Waals surface area contributed by atoms with Gasteiger partial charge in [0, 0.05) is 54.1 Å². The molecule has 28 heavy (non-hydrogen) atoms. The zero-order chi connectivity index (χ0) is 19.7. The summed E-state index contributed by atoms with van der Waals surface area (Å²) in [5.41, 5.74) is 4.52. The summed E-state index contributed by atoms with van der Waals surface area (Å²) in [5, 5.41) is 0. The van der Waals surface area contributed by atoms with Gasteiger partial charge in [-0.05, 0) is 69.5 Å². The van der Waals surface area contributed by atoms with Crippen LogP contribution >= 0.6 is 15.9 Å². The molecule has 0 saturated carbocycles. The standard InChI is InChI=1S/C24H32BrN3/c1-24(2,3)27-17-15-26(16-18-27)22-8-5-4-7-21(22)23-9-6-14-28(23)20-12-10-19(25)11-13-20/h4-5,7-8,10-13,23H,6,9,14-18H2,1-3H3. The molecule has 2 aliphatic rings. The van der Waals surface area contributed by atoms with E-state index in [1.165, 1.54) is 29.8 Å². The first kappa shape index (κ1) is 19.8. The zero-order valence-electron chi connectivity index (χ0n) is 17.4. The second-order valence-electron chi connectivity index (χ2n) is 9.03. The molecular formula is C24H32BrN3. The molecule has 0 N–H and O–H groups in total. The highest BCUT2D eigenvalue weighted by molar-refractivity contribution is 9.10. The monoisotopic (exact) mass is 441 g/mol. The highest BCUT2D eigenvalue weighted by Gasteiger charge is 2.31. The molecule has 2 aromatic rings. The van der Waals surface area contributed by atoms with Crippen LogP contribution < -0.4 is 9.80 Å². The van der Waals surface area contributed by atoms with Gasteiger partial charge in [0.05, 0.1) is 6.04 Å². The molecule has 2 aliphatic heterocycles. The van der Waals surface area contributed by atoms with E-state index in [1.54, 1.807) is 0 Å². The Labute approximate surface area is 178 Å². The molecule has 0 radical (unpaired) electrons. The third-order valence-corrected chi connectivity index (χ3v) is 6.80. The van der Waals surface area contributed by atoms with E-state index < -0.39 is 0 Å². The van der Waals surface area contributed by atoms with Crippen molar-refractivity contribution in [2.24, 2.45) is 0 Å². The Bertz CT molecular complexity index is 788. The molecule has 0 aliphatic carbocycles. The summed E-state index contributed by atoms with van der Waals surface area (Å²) in [6, 6.07) is 18.4. The topological polar surface area (TPSA) is 9.72 Å². The van der Waals surface area contributed by atoms with E-state index in [1.807, 2.05) is 0 Å². The van der Waals surface area contributed by atoms with Crippen molar-refractivity contribution in [2.75, 3.05) is 42.5 Å². The number of piperazine rings is 1. The normalized spacial score (nSPS) is 21.4. The molecule has 2 heterocycles. The average molecular weight is 442 g/mol. The van der Waals surface area contributed by atoms with Gasteiger partial charge in [0.2, 0.25) is 0 Å². The van der Waals surface area contributed by atoms with Crippen molar-refractivity contribution in [1.29, 1.82) is 0 Å². The number of halogens is 1. The first-order valence-corrected chi connectivity index (χ1v) is 11.3. The molecule has 2 saturated heterocycles. The highest BCUT2D eigenvalue weighted by atomic mass is 79.9. The molecule has 4 heteroatoms. The lowest BCUT2D eigenvalue weighted by atomic mass is 9.99. The van der Waals surface area contributed by atoms with Crippen LogP contribution in [-0.4, -0.2) is 43.2 Å². The van der Waals surface area contributed by atoms with Crippen LogP contribution in [0.1, 0.15) is 45.2 Å². The summed E-state index contributed by atoms with van der Waals surface area (Å²) in [5.74, 6) is 0. The number of rotatable bonds is 3. The van der Waals surface area contributed by atoms with Gasteiger partial charge in [-0.3, -0.25) is 4.90 Å². The maximum Gasteiger partial charge on any atom is 0.0563 e. The highest BCUT2D eigenvalue weighted by Crippen LogP contribution is 2.40. The van der Waals surface area contributed by atoms with Gasteiger partial charge in [0.15, 0.2) is 0 Å². The summed E-state index contributed by atoms with van der Waals surface area (Å²) >= 11 is 3.57. The van der Waals surface area contributed by atoms with E-state index in [0.717, 1.165) is 37.2 Å². The van der Waals surface area contributed by atoms with Crippen molar-refractivity contribution >= 4 is 27.3 Å². The van der Waals surface area contributed by atoms with Crippen LogP contribution in [-0.2, 0) is 0 Å². The van der Waals surface area contributed by atoms with E-state index in [-0.39, 0.29) is 5.54 Å². The maximum atomic E-state index is 3.57. The van der Waals surface area contributed by atoms with Gasteiger partial charge in [-0.15, -0.1) is 0 Å². The second kappa shape index (κ2) is 8.08. The van der Waals surface area contributed by atoms with Gasteiger partial charge in [-0.1, -0.05) is 34.1 Å². The number of nitrogens with zero attached hydrogens (tertiary/aromatic N) is 3. The SMILES string of the molecule is CC(C)(C)N1CCN(c2ccccc2C2CCCN2c2ccc(Br)cc2)CC1. The Morgan fingerprint density at radius 3 is 2.21 bits per heavy atom. The van der Waals surface area contributed by atoms with Crippen molar-refractivity contribution in [1.82, 2.24) is 4.90 Å². The number of benzene rings is 2. The van der Waals surface area contributed by atoms with Crippen LogP contribution in [0, 0.1) is 0 Å². The number of anilines is 2. The van der Waals surface area contributed by atoms with Gasteiger partial charge in [-0.2, -0.15) is 0 Å². The summed E-state index contributed by atoms with van der Waals surface area (Å²) < 4.78 is 1.14. The molecule has 2 aromatic carbocycles. The van der Waals surface area contributed by atoms with Crippen LogP contribution in [0.15, 0.2) is 53.0 Å². The lowest BCUT2D eigenvalue weighted by molar-refractivity contribution is 0.128. The predicted octanol–water partition coefficient (Wildman–Crippen LogP) is 5.71. The van der Waals surface area contributed by atoms with Gasteiger partial charge in [0.1, 0.15) is 0 Å². The summed E-state index contributed by atoms with van der Waals surface area (Å²) in [7, 11) is 0. The van der Waals surface area contributed by atoms with E-state index >= 15 is 0 Å². The first-order chi connectivity index (χ1) is 13.4. The van der Waals surface area contributed by atoms with E-state index in [4.69, 9.17) is 0 Å². The van der Waals surface area contributed by atoms with Gasteiger partial charge < -0.3 is 9.80 Å². The van der Waals surface area contributed by atoms with Gasteiger partial charge in [0.25, 0.3) is 0 Å². The quantitative estimate of drug-likeness (QED) is 0.603. The van der Waals surface area contributed by atoms with Crippen LogP contribution in [0.2, 0.25) is 0 Å². The molecule has 0 aromatic heterocycles. The molecule has 3 nitrogen and oxygen atoms in total. The molecule has 0 spiro atoms. The van der Waals surface area contributed by atoms with Crippen molar-refractivity contribution in [3.8, 4) is 0 Å². The molecule has 0 amide bonds. The zero-order valence-corrected chi connectivity index (χ0v) is 19.0. The molecule has 2 fully saturated rings. The fraction of sp³-hybridized carbons (Fsp3) is 0.500. The fourth-order valence-electron chi connectivity index (χ4n) is 4.71. The molecule has 1 unspecified atom stereocenters. The Hall–Kier alpha value is -1.52. The third-order valence-electron chi connectivity index (χ3n) is 6.28. The van der Waals surface area contributed by atoms with Crippen LogP contribution in [0.25, 0.3) is 0 Å². The minimum atomic E-state index is 0.259. The number of para-hydroxylation sites is 1. The minimum absolute atomic E-state index is 0.259. The van der Waals surface area contributed by atoms with Crippen molar-refractivity contribution < 1.29 is 0 Å². The van der Waals surface area contributed by atoms with Crippen LogP contribution in [0.3, 0.4) is 0 Å². The predicted molar refractivity (Wildman–Crippen MR) is 123 cm³/mol. The average Bonchev–Trinajstić information content (AvgIpc) is 3.18. The van der Waals surface area contributed by atoms with Crippen LogP contribution in [0.5, 0.6) is 0 Å². The molecule has 1 atom stereocenters. The summed E-state index contributed by atoms with van der Waals surface area (Å²) in [4.78, 5) is 7.81. The molecule has 4 rings (SSSR count). The van der Waals surface area contributed by atoms with E-state index in [2.05, 4.69) is 99.9 Å². The fourth-order valence-corrected chi connectivity index (χ4v) is 4.97. The van der Waals surface area contributed by atoms with Crippen molar-refractivity contribution in [3.05, 3.63) is 58.6 Å². The van der Waals surface area contributed by atoms with Gasteiger partial charge in [-0.25, -0.2) is 0 Å². The van der Waals surface area contributed by atoms with Crippen LogP contribution in [0.4, 0.5) is 11.4 Å². The van der Waals surface area contributed by atoms with E-state index in [9.17, 15) is 0 Å². The molecular weight excluding hydrogens is 410 g/mol. The Kier molecular flexibility index (Phi) is 5.71. The van der Waals surface area contributed by atoms with Crippen molar-refractivity contribution in [2.45, 2.75) is 45.2 Å². The number of hydrogen-bond donors (Lipinski definition) is 0. The summed E-state index contributed by atoms with van der Waals surface area (Å²) in [6.07, 6.45) is 2.49. The largest absolute Gasteiger partial charge is 0.369 e. The molecule has 150 valence electrons. The second-order valence-corrected chi connectivity index (χ2v) is 9.95. The number of hydrogen-bond acceptors (Lipinski definition) is 3. The Balaban J connectivity index is 1.57. The third kappa shape index (κ3) is 4.08. The lowest BCUT2D eigenvalue weighted by Gasteiger charge is -2.44. The minimum Gasteiger partial charge on any atom is -0.369 e.